The molecule has 14 heavy (non-hydrogen) atoms. The zero-order valence-corrected chi connectivity index (χ0v) is 9.33. The number of aliphatic hydroxyl groups is 1. The largest absolute Gasteiger partial charge is 0.477 e. The van der Waals surface area contributed by atoms with Crippen LogP contribution in [0.4, 0.5) is 0 Å². The number of pyridine rings is 1. The number of halogens is 1. The molecule has 0 aromatic carbocycles. The lowest BCUT2D eigenvalue weighted by atomic mass is 10.3. The van der Waals surface area contributed by atoms with Gasteiger partial charge in [0.25, 0.3) is 0 Å². The fraction of sp³-hybridized carbons (Fsp3) is 0.500. The maximum atomic E-state index is 9.08. The van der Waals surface area contributed by atoms with Gasteiger partial charge in [-0.1, -0.05) is 0 Å². The molecule has 1 heterocycles. The number of aromatic nitrogens is 1. The number of aliphatic hydroxyl groups excluding tert-OH is 1. The fourth-order valence-corrected chi connectivity index (χ4v) is 1.57. The summed E-state index contributed by atoms with van der Waals surface area (Å²) >= 11 is 3.30. The summed E-state index contributed by atoms with van der Waals surface area (Å²) in [6, 6.07) is 1.83. The quantitative estimate of drug-likeness (QED) is 0.899. The smallest absolute Gasteiger partial charge is 0.218 e. The second kappa shape index (κ2) is 4.28. The van der Waals surface area contributed by atoms with Crippen molar-refractivity contribution in [3.63, 3.8) is 0 Å². The minimum Gasteiger partial charge on any atom is -0.477 e. The maximum absolute atomic E-state index is 9.08. The average Bonchev–Trinajstić information content (AvgIpc) is 2.99. The van der Waals surface area contributed by atoms with Gasteiger partial charge in [-0.2, -0.15) is 0 Å². The van der Waals surface area contributed by atoms with Crippen LogP contribution in [0.1, 0.15) is 18.4 Å². The van der Waals surface area contributed by atoms with Crippen molar-refractivity contribution in [3.8, 4) is 5.88 Å². The summed E-state index contributed by atoms with van der Waals surface area (Å²) in [6.45, 7) is 0.689. The van der Waals surface area contributed by atoms with E-state index in [2.05, 4.69) is 20.9 Å². The molecule has 0 radical (unpaired) electrons. The summed E-state index contributed by atoms with van der Waals surface area (Å²) in [6.07, 6.45) is 4.19. The van der Waals surface area contributed by atoms with Gasteiger partial charge in [0.15, 0.2) is 0 Å². The van der Waals surface area contributed by atoms with Crippen LogP contribution in [0.25, 0.3) is 0 Å². The van der Waals surface area contributed by atoms with E-state index in [0.29, 0.717) is 11.8 Å². The topological polar surface area (TPSA) is 42.4 Å². The molecule has 1 fully saturated rings. The Bertz CT molecular complexity index is 326. The molecule has 1 aliphatic rings. The van der Waals surface area contributed by atoms with E-state index in [0.717, 1.165) is 16.6 Å². The van der Waals surface area contributed by atoms with E-state index < -0.39 is 0 Å². The van der Waals surface area contributed by atoms with Crippen LogP contribution in [0.15, 0.2) is 16.7 Å². The van der Waals surface area contributed by atoms with Crippen molar-refractivity contribution in [1.82, 2.24) is 4.98 Å². The highest BCUT2D eigenvalue weighted by atomic mass is 79.9. The summed E-state index contributed by atoms with van der Waals surface area (Å²) in [5, 5.41) is 9.08. The van der Waals surface area contributed by atoms with Crippen molar-refractivity contribution < 1.29 is 9.84 Å². The molecule has 0 atom stereocenters. The number of nitrogens with zero attached hydrogens (tertiary/aromatic N) is 1. The molecule has 0 bridgehead atoms. The van der Waals surface area contributed by atoms with Crippen LogP contribution in [-0.2, 0) is 6.61 Å². The number of rotatable bonds is 4. The van der Waals surface area contributed by atoms with Gasteiger partial charge >= 0.3 is 0 Å². The number of ether oxygens (including phenoxy) is 1. The summed E-state index contributed by atoms with van der Waals surface area (Å²) in [4.78, 5) is 4.12. The highest BCUT2D eigenvalue weighted by molar-refractivity contribution is 9.10. The standard InChI is InChI=1S/C10H12BrNO2/c11-9-3-8(5-13)10(12-4-9)14-6-7-1-2-7/h3-4,7,13H,1-2,5-6H2. The van der Waals surface area contributed by atoms with Gasteiger partial charge in [-0.05, 0) is 40.8 Å². The Balaban J connectivity index is 2.05. The molecule has 76 valence electrons. The van der Waals surface area contributed by atoms with Crippen LogP contribution in [-0.4, -0.2) is 16.7 Å². The molecule has 1 N–H and O–H groups in total. The Hall–Kier alpha value is -0.610. The van der Waals surface area contributed by atoms with E-state index in [1.54, 1.807) is 6.20 Å². The number of hydrogen-bond acceptors (Lipinski definition) is 3. The van der Waals surface area contributed by atoms with Crippen LogP contribution in [0.3, 0.4) is 0 Å². The Morgan fingerprint density at radius 3 is 3.00 bits per heavy atom. The van der Waals surface area contributed by atoms with Crippen molar-refractivity contribution in [2.24, 2.45) is 5.92 Å². The minimum absolute atomic E-state index is 0.0353. The molecule has 1 saturated carbocycles. The van der Waals surface area contributed by atoms with Crippen LogP contribution in [0.2, 0.25) is 0 Å². The monoisotopic (exact) mass is 257 g/mol. The van der Waals surface area contributed by atoms with Gasteiger partial charge in [0, 0.05) is 16.2 Å². The van der Waals surface area contributed by atoms with Crippen LogP contribution >= 0.6 is 15.9 Å². The van der Waals surface area contributed by atoms with Crippen molar-refractivity contribution >= 4 is 15.9 Å². The summed E-state index contributed by atoms with van der Waals surface area (Å²) < 4.78 is 6.38. The number of hydrogen-bond donors (Lipinski definition) is 1. The van der Waals surface area contributed by atoms with Crippen molar-refractivity contribution in [3.05, 3.63) is 22.3 Å². The van der Waals surface area contributed by atoms with Crippen LogP contribution in [0.5, 0.6) is 5.88 Å². The second-order valence-corrected chi connectivity index (χ2v) is 4.45. The van der Waals surface area contributed by atoms with Crippen LogP contribution in [0, 0.1) is 5.92 Å². The molecule has 0 amide bonds. The third kappa shape index (κ3) is 2.45. The predicted molar refractivity (Wildman–Crippen MR) is 56.1 cm³/mol. The van der Waals surface area contributed by atoms with Crippen molar-refractivity contribution in [1.29, 1.82) is 0 Å². The zero-order chi connectivity index (χ0) is 9.97. The lowest BCUT2D eigenvalue weighted by molar-refractivity contribution is 0.251. The predicted octanol–water partition coefficient (Wildman–Crippen LogP) is 2.13. The van der Waals surface area contributed by atoms with Gasteiger partial charge in [0.05, 0.1) is 13.2 Å². The van der Waals surface area contributed by atoms with E-state index in [1.165, 1.54) is 12.8 Å². The van der Waals surface area contributed by atoms with E-state index >= 15 is 0 Å². The first-order valence-electron chi connectivity index (χ1n) is 4.67. The first-order valence-corrected chi connectivity index (χ1v) is 5.47. The molecule has 1 aromatic heterocycles. The lowest BCUT2D eigenvalue weighted by Gasteiger charge is -2.08. The molecule has 2 rings (SSSR count). The first kappa shape index (κ1) is 9.93. The highest BCUT2D eigenvalue weighted by Crippen LogP contribution is 2.30. The van der Waals surface area contributed by atoms with E-state index in [-0.39, 0.29) is 6.61 Å². The molecule has 0 unspecified atom stereocenters. The lowest BCUT2D eigenvalue weighted by Crippen LogP contribution is -2.03. The Morgan fingerprint density at radius 2 is 2.36 bits per heavy atom. The Labute approximate surface area is 91.2 Å². The summed E-state index contributed by atoms with van der Waals surface area (Å²) in [5.74, 6) is 1.26. The van der Waals surface area contributed by atoms with Gasteiger partial charge in [0.1, 0.15) is 0 Å². The fourth-order valence-electron chi connectivity index (χ4n) is 1.19. The highest BCUT2D eigenvalue weighted by Gasteiger charge is 2.22. The van der Waals surface area contributed by atoms with Gasteiger partial charge in [0.2, 0.25) is 5.88 Å². The molecule has 4 heteroatoms. The van der Waals surface area contributed by atoms with Crippen molar-refractivity contribution in [2.45, 2.75) is 19.4 Å². The molecule has 1 aromatic rings. The maximum Gasteiger partial charge on any atom is 0.218 e. The molecule has 0 saturated heterocycles. The van der Waals surface area contributed by atoms with Gasteiger partial charge in [-0.15, -0.1) is 0 Å². The van der Waals surface area contributed by atoms with E-state index in [1.807, 2.05) is 6.07 Å². The Morgan fingerprint density at radius 1 is 1.57 bits per heavy atom. The molecular formula is C10H12BrNO2. The van der Waals surface area contributed by atoms with Gasteiger partial charge < -0.3 is 9.84 Å². The normalized spacial score (nSPS) is 15.6. The first-order chi connectivity index (χ1) is 6.79. The van der Waals surface area contributed by atoms with Gasteiger partial charge in [-0.25, -0.2) is 4.98 Å². The van der Waals surface area contributed by atoms with E-state index in [9.17, 15) is 0 Å². The van der Waals surface area contributed by atoms with E-state index in [4.69, 9.17) is 9.84 Å². The minimum atomic E-state index is -0.0353. The molecule has 0 spiro atoms. The summed E-state index contributed by atoms with van der Waals surface area (Å²) in [5.41, 5.74) is 0.736. The molecule has 3 nitrogen and oxygen atoms in total. The average molecular weight is 258 g/mol. The zero-order valence-electron chi connectivity index (χ0n) is 7.74. The third-order valence-corrected chi connectivity index (χ3v) is 2.65. The van der Waals surface area contributed by atoms with Crippen LogP contribution < -0.4 is 4.74 Å². The molecule has 0 aliphatic heterocycles. The van der Waals surface area contributed by atoms with Crippen molar-refractivity contribution in [2.75, 3.05) is 6.61 Å². The SMILES string of the molecule is OCc1cc(Br)cnc1OCC1CC1. The van der Waals surface area contributed by atoms with Gasteiger partial charge in [-0.3, -0.25) is 0 Å². The molecular weight excluding hydrogens is 246 g/mol. The summed E-state index contributed by atoms with van der Waals surface area (Å²) in [7, 11) is 0. The third-order valence-electron chi connectivity index (χ3n) is 2.21. The molecule has 1 aliphatic carbocycles. The Kier molecular flexibility index (Phi) is 3.03. The second-order valence-electron chi connectivity index (χ2n) is 3.53.